The van der Waals surface area contributed by atoms with Gasteiger partial charge in [-0.25, -0.2) is 0 Å². The fourth-order valence-electron chi connectivity index (χ4n) is 27.9. The molecule has 0 spiro atoms. The Labute approximate surface area is 471 Å². The molecule has 0 saturated heterocycles. The molecule has 2 aromatic carbocycles. The second-order valence-electron chi connectivity index (χ2n) is 32.9. The standard InChI is InChI=1S/C74H116Si2/c1-47-43-67-57(31-19-35-63(67)71(47)75(5,6)73-49(3)45-69-61(33-21-37-65(69)73)59-29-17-15-27-55(59)51-23-11-9-12-24-51)53-39-41-54(42-40-53)58-32-20-36-64-68(58)44-48(2)72(64)76(7,8)74-50(4)46-70-62(34-22-38-66(70)74)60-30-18-16-28-56(60)52-25-13-10-14-26-52/h9-14,23-26,47-50,53-74H,15-22,27-46H2,1-8H3. The first-order valence-corrected chi connectivity index (χ1v) is 41.3. The third-order valence-electron chi connectivity index (χ3n) is 29.2. The highest BCUT2D eigenvalue weighted by Crippen LogP contribution is 2.70. The summed E-state index contributed by atoms with van der Waals surface area (Å²) in [4.78, 5) is 0. The molecule has 0 amide bonds. The summed E-state index contributed by atoms with van der Waals surface area (Å²) in [5, 5.41) is 0. The molecule has 76 heavy (non-hydrogen) atoms. The van der Waals surface area contributed by atoms with Gasteiger partial charge in [0.2, 0.25) is 0 Å². The van der Waals surface area contributed by atoms with Gasteiger partial charge in [-0.05, 0) is 266 Å². The number of hydrogen-bond acceptors (Lipinski definition) is 0. The molecular formula is C74H116Si2. The predicted octanol–water partition coefficient (Wildman–Crippen LogP) is 21.9. The maximum Gasteiger partial charge on any atom is 0.0546 e. The molecule has 0 radical (unpaired) electrons. The van der Waals surface area contributed by atoms with Crippen molar-refractivity contribution in [3.05, 3.63) is 71.8 Å². The number of benzene rings is 2. The largest absolute Gasteiger partial charge is 0.0689 e. The van der Waals surface area contributed by atoms with Crippen LogP contribution in [0.15, 0.2) is 60.7 Å². The van der Waals surface area contributed by atoms with Crippen molar-refractivity contribution in [3.8, 4) is 0 Å². The lowest BCUT2D eigenvalue weighted by atomic mass is 9.60. The van der Waals surface area contributed by atoms with E-state index in [0.29, 0.717) is 0 Å². The minimum atomic E-state index is -1.53. The molecule has 11 fully saturated rings. The molecule has 24 atom stereocenters. The van der Waals surface area contributed by atoms with E-state index in [1.54, 1.807) is 127 Å². The Morgan fingerprint density at radius 1 is 0.263 bits per heavy atom. The van der Waals surface area contributed by atoms with Gasteiger partial charge in [0.1, 0.15) is 0 Å². The average molecular weight is 1060 g/mol. The van der Waals surface area contributed by atoms with Crippen molar-refractivity contribution in [1.29, 1.82) is 0 Å². The first-order chi connectivity index (χ1) is 36.9. The minimum Gasteiger partial charge on any atom is -0.0689 e. The lowest BCUT2D eigenvalue weighted by molar-refractivity contribution is 0.0474. The fraction of sp³-hybridized carbons (Fsp3) is 0.838. The van der Waals surface area contributed by atoms with Crippen LogP contribution < -0.4 is 0 Å². The van der Waals surface area contributed by atoms with Gasteiger partial charge in [0, 0.05) is 0 Å². The van der Waals surface area contributed by atoms with E-state index >= 15 is 0 Å². The van der Waals surface area contributed by atoms with E-state index in [9.17, 15) is 0 Å². The summed E-state index contributed by atoms with van der Waals surface area (Å²) >= 11 is 0. The Balaban J connectivity index is 0.656. The molecule has 2 aromatic rings. The second-order valence-corrected chi connectivity index (χ2v) is 42.8. The van der Waals surface area contributed by atoms with Crippen molar-refractivity contribution >= 4 is 16.1 Å². The Morgan fingerprint density at radius 2 is 0.526 bits per heavy atom. The zero-order valence-corrected chi connectivity index (χ0v) is 52.6. The molecule has 11 aliphatic rings. The Kier molecular flexibility index (Phi) is 15.8. The molecule has 0 aliphatic heterocycles. The molecule has 24 unspecified atom stereocenters. The SMILES string of the molecule is CC1CC2C(C3CCC(C4CCCC5C4CC(C)C5[Si](C)(C)C4C(C)CC5C(C6CCCCC6c6ccccc6)CCCC54)CC3)CCCC2C1[Si](C)(C)C1C(C)CC2C(C3CCCCC3c3ccccc3)CCCC21. The van der Waals surface area contributed by atoms with E-state index in [-0.39, 0.29) is 0 Å². The first kappa shape index (κ1) is 54.1. The summed E-state index contributed by atoms with van der Waals surface area (Å²) < 4.78 is 0. The van der Waals surface area contributed by atoms with Crippen molar-refractivity contribution in [2.45, 2.75) is 268 Å². The van der Waals surface area contributed by atoms with Gasteiger partial charge in [0.05, 0.1) is 16.1 Å². The molecule has 11 aliphatic carbocycles. The molecule has 0 heterocycles. The van der Waals surface area contributed by atoms with E-state index in [1.165, 1.54) is 64.2 Å². The van der Waals surface area contributed by atoms with Crippen molar-refractivity contribution in [1.82, 2.24) is 0 Å². The van der Waals surface area contributed by atoms with Crippen molar-refractivity contribution < 1.29 is 0 Å². The molecule has 13 rings (SSSR count). The normalized spacial score (nSPS) is 48.9. The zero-order chi connectivity index (χ0) is 52.0. The fourth-order valence-corrected chi connectivity index (χ4v) is 41.3. The molecule has 420 valence electrons. The zero-order valence-electron chi connectivity index (χ0n) is 50.6. The highest BCUT2D eigenvalue weighted by atomic mass is 28.3. The van der Waals surface area contributed by atoms with Gasteiger partial charge in [0.15, 0.2) is 0 Å². The van der Waals surface area contributed by atoms with Gasteiger partial charge in [-0.15, -0.1) is 0 Å². The summed E-state index contributed by atoms with van der Waals surface area (Å²) in [5.41, 5.74) is 7.68. The summed E-state index contributed by atoms with van der Waals surface area (Å²) in [6.07, 6.45) is 43.5. The van der Waals surface area contributed by atoms with Crippen LogP contribution >= 0.6 is 0 Å². The number of hydrogen-bond donors (Lipinski definition) is 0. The van der Waals surface area contributed by atoms with Crippen LogP contribution in [0.3, 0.4) is 0 Å². The predicted molar refractivity (Wildman–Crippen MR) is 330 cm³/mol. The van der Waals surface area contributed by atoms with Crippen LogP contribution in [0.2, 0.25) is 48.4 Å². The third-order valence-corrected chi connectivity index (χ3v) is 40.1. The van der Waals surface area contributed by atoms with E-state index in [2.05, 4.69) is 115 Å². The smallest absolute Gasteiger partial charge is 0.0546 e. The van der Waals surface area contributed by atoms with E-state index < -0.39 is 16.1 Å². The van der Waals surface area contributed by atoms with Crippen molar-refractivity contribution in [2.75, 3.05) is 0 Å². The van der Waals surface area contributed by atoms with Gasteiger partial charge in [0.25, 0.3) is 0 Å². The lowest BCUT2D eigenvalue weighted by Crippen LogP contribution is -2.48. The van der Waals surface area contributed by atoms with Gasteiger partial charge in [-0.2, -0.15) is 0 Å². The lowest BCUT2D eigenvalue weighted by Gasteiger charge is -2.51. The van der Waals surface area contributed by atoms with Crippen LogP contribution in [0.1, 0.15) is 230 Å². The topological polar surface area (TPSA) is 0 Å². The third kappa shape index (κ3) is 9.52. The Bertz CT molecular complexity index is 2050. The maximum absolute atomic E-state index is 3.02. The molecule has 0 N–H and O–H groups in total. The molecular weight excluding hydrogens is 945 g/mol. The minimum absolute atomic E-state index is 0.824. The van der Waals surface area contributed by atoms with Crippen molar-refractivity contribution in [3.63, 3.8) is 0 Å². The summed E-state index contributed by atoms with van der Waals surface area (Å²) in [7, 11) is -3.07. The molecule has 0 nitrogen and oxygen atoms in total. The highest BCUT2D eigenvalue weighted by molar-refractivity contribution is 6.81. The number of fused-ring (bicyclic) bond motifs is 4. The van der Waals surface area contributed by atoms with Crippen LogP contribution in [0.4, 0.5) is 0 Å². The molecule has 2 heteroatoms. The van der Waals surface area contributed by atoms with Gasteiger partial charge in [-0.1, -0.05) is 192 Å². The van der Waals surface area contributed by atoms with Crippen molar-refractivity contribution in [2.24, 2.45) is 118 Å². The Morgan fingerprint density at radius 3 is 0.855 bits per heavy atom. The monoisotopic (exact) mass is 1060 g/mol. The van der Waals surface area contributed by atoms with Gasteiger partial charge < -0.3 is 0 Å². The van der Waals surface area contributed by atoms with E-state index in [0.717, 1.165) is 152 Å². The summed E-state index contributed by atoms with van der Waals surface area (Å²) in [5.74, 6) is 22.0. The molecule has 0 bridgehead atoms. The first-order valence-electron chi connectivity index (χ1n) is 35.0. The molecule has 0 aromatic heterocycles. The average Bonchev–Trinajstić information content (AvgIpc) is 4.32. The van der Waals surface area contributed by atoms with Gasteiger partial charge in [-0.3, -0.25) is 0 Å². The van der Waals surface area contributed by atoms with Crippen LogP contribution in [-0.4, -0.2) is 16.1 Å². The van der Waals surface area contributed by atoms with Crippen LogP contribution in [0, 0.1) is 118 Å². The summed E-state index contributed by atoms with van der Waals surface area (Å²) in [6.45, 7) is 23.4. The van der Waals surface area contributed by atoms with Crippen LogP contribution in [0.5, 0.6) is 0 Å². The second kappa shape index (κ2) is 22.2. The van der Waals surface area contributed by atoms with Gasteiger partial charge >= 0.3 is 0 Å². The Hall–Kier alpha value is -1.13. The van der Waals surface area contributed by atoms with Crippen LogP contribution in [-0.2, 0) is 0 Å². The maximum atomic E-state index is 3.02. The number of rotatable bonds is 10. The van der Waals surface area contributed by atoms with E-state index in [4.69, 9.17) is 0 Å². The highest BCUT2D eigenvalue weighted by Gasteiger charge is 2.63. The summed E-state index contributed by atoms with van der Waals surface area (Å²) in [6, 6.07) is 23.9. The molecule has 11 saturated carbocycles. The van der Waals surface area contributed by atoms with Crippen LogP contribution in [0.25, 0.3) is 0 Å². The van der Waals surface area contributed by atoms with E-state index in [1.807, 2.05) is 0 Å². The quantitative estimate of drug-likeness (QED) is 0.208.